The van der Waals surface area contributed by atoms with Gasteiger partial charge in [0, 0.05) is 34.3 Å². The first-order chi connectivity index (χ1) is 15.8. The number of methoxy groups -OCH3 is 1. The third-order valence-electron chi connectivity index (χ3n) is 6.11. The Balaban J connectivity index is 1.72. The Bertz CT molecular complexity index is 1390. The molecule has 0 spiro atoms. The third-order valence-corrected chi connectivity index (χ3v) is 6.11. The van der Waals surface area contributed by atoms with Gasteiger partial charge in [-0.25, -0.2) is 0 Å². The summed E-state index contributed by atoms with van der Waals surface area (Å²) in [5.41, 5.74) is 10.1. The van der Waals surface area contributed by atoms with Gasteiger partial charge in [-0.2, -0.15) is 0 Å². The van der Waals surface area contributed by atoms with Crippen LogP contribution in [-0.2, 0) is 4.79 Å². The number of aryl methyl sites for hydroxylation is 4. The van der Waals surface area contributed by atoms with Gasteiger partial charge in [-0.15, -0.1) is 0 Å². The standard InChI is InChI=1S/C29H29NO3/c1-17-7-10-23(20(4)11-17)26-16-33-28-15-27(32-6)24(14-25(26)28)21(5)13-29(31)30-22-9-8-18(2)19(3)12-22/h7-16H,1-6H3,(H,30,31)/b21-13+. The molecule has 0 fully saturated rings. The Labute approximate surface area is 194 Å². The van der Waals surface area contributed by atoms with Crippen LogP contribution in [0, 0.1) is 27.7 Å². The number of amides is 1. The highest BCUT2D eigenvalue weighted by Gasteiger charge is 2.16. The summed E-state index contributed by atoms with van der Waals surface area (Å²) in [7, 11) is 1.63. The molecule has 4 rings (SSSR count). The second kappa shape index (κ2) is 8.99. The molecule has 0 saturated heterocycles. The van der Waals surface area contributed by atoms with Crippen molar-refractivity contribution in [1.29, 1.82) is 0 Å². The van der Waals surface area contributed by atoms with E-state index in [2.05, 4.69) is 44.3 Å². The molecule has 4 heteroatoms. The first kappa shape index (κ1) is 22.4. The van der Waals surface area contributed by atoms with E-state index in [4.69, 9.17) is 9.15 Å². The molecule has 4 aromatic rings. The summed E-state index contributed by atoms with van der Waals surface area (Å²) in [6, 6.07) is 16.2. The number of rotatable bonds is 5. The molecule has 1 heterocycles. The van der Waals surface area contributed by atoms with Crippen molar-refractivity contribution in [3.8, 4) is 16.9 Å². The number of benzene rings is 3. The number of allylic oxidation sites excluding steroid dienone is 1. The van der Waals surface area contributed by atoms with E-state index < -0.39 is 0 Å². The summed E-state index contributed by atoms with van der Waals surface area (Å²) in [4.78, 5) is 12.7. The first-order valence-electron chi connectivity index (χ1n) is 11.0. The number of hydrogen-bond donors (Lipinski definition) is 1. The molecule has 1 aromatic heterocycles. The highest BCUT2D eigenvalue weighted by atomic mass is 16.5. The lowest BCUT2D eigenvalue weighted by Crippen LogP contribution is -2.09. The minimum Gasteiger partial charge on any atom is -0.496 e. The van der Waals surface area contributed by atoms with Crippen molar-refractivity contribution < 1.29 is 13.9 Å². The SMILES string of the molecule is COc1cc2occ(-c3ccc(C)cc3C)c2cc1/C(C)=C/C(=O)Nc1ccc(C)c(C)c1. The smallest absolute Gasteiger partial charge is 0.248 e. The Morgan fingerprint density at radius 3 is 2.39 bits per heavy atom. The minimum atomic E-state index is -0.181. The number of furan rings is 1. The number of fused-ring (bicyclic) bond motifs is 1. The second-order valence-corrected chi connectivity index (χ2v) is 8.63. The van der Waals surface area contributed by atoms with Gasteiger partial charge >= 0.3 is 0 Å². The highest BCUT2D eigenvalue weighted by Crippen LogP contribution is 2.38. The molecule has 0 bridgehead atoms. The van der Waals surface area contributed by atoms with Crippen LogP contribution >= 0.6 is 0 Å². The van der Waals surface area contributed by atoms with Gasteiger partial charge in [0.05, 0.1) is 13.4 Å². The fourth-order valence-electron chi connectivity index (χ4n) is 4.13. The van der Waals surface area contributed by atoms with Crippen molar-refractivity contribution in [2.45, 2.75) is 34.6 Å². The molecule has 0 radical (unpaired) electrons. The quantitative estimate of drug-likeness (QED) is 0.330. The first-order valence-corrected chi connectivity index (χ1v) is 11.0. The van der Waals surface area contributed by atoms with Crippen molar-refractivity contribution in [3.05, 3.63) is 88.7 Å². The van der Waals surface area contributed by atoms with Crippen LogP contribution in [0.2, 0.25) is 0 Å². The zero-order chi connectivity index (χ0) is 23.7. The van der Waals surface area contributed by atoms with E-state index in [1.54, 1.807) is 19.4 Å². The average Bonchev–Trinajstić information content (AvgIpc) is 3.18. The van der Waals surface area contributed by atoms with Crippen molar-refractivity contribution in [2.75, 3.05) is 12.4 Å². The molecule has 4 nitrogen and oxygen atoms in total. The largest absolute Gasteiger partial charge is 0.496 e. The minimum absolute atomic E-state index is 0.181. The van der Waals surface area contributed by atoms with Crippen LogP contribution in [0.5, 0.6) is 5.75 Å². The summed E-state index contributed by atoms with van der Waals surface area (Å²) in [5, 5.41) is 3.94. The fourth-order valence-corrected chi connectivity index (χ4v) is 4.13. The summed E-state index contributed by atoms with van der Waals surface area (Å²) in [5.74, 6) is 0.483. The van der Waals surface area contributed by atoms with Gasteiger partial charge in [-0.3, -0.25) is 4.79 Å². The van der Waals surface area contributed by atoms with E-state index in [1.165, 1.54) is 16.7 Å². The lowest BCUT2D eigenvalue weighted by Gasteiger charge is -2.11. The van der Waals surface area contributed by atoms with Crippen LogP contribution in [-0.4, -0.2) is 13.0 Å². The molecule has 0 aliphatic carbocycles. The molecule has 0 aliphatic heterocycles. The topological polar surface area (TPSA) is 51.5 Å². The van der Waals surface area contributed by atoms with Crippen LogP contribution < -0.4 is 10.1 Å². The molecule has 33 heavy (non-hydrogen) atoms. The lowest BCUT2D eigenvalue weighted by molar-refractivity contribution is -0.111. The Kier molecular flexibility index (Phi) is 6.10. The monoisotopic (exact) mass is 439 g/mol. The van der Waals surface area contributed by atoms with Crippen LogP contribution in [0.15, 0.2) is 65.3 Å². The van der Waals surface area contributed by atoms with E-state index in [1.807, 2.05) is 44.2 Å². The van der Waals surface area contributed by atoms with Gasteiger partial charge in [0.1, 0.15) is 11.3 Å². The maximum atomic E-state index is 12.7. The van der Waals surface area contributed by atoms with E-state index in [-0.39, 0.29) is 5.91 Å². The molecule has 3 aromatic carbocycles. The molecule has 0 aliphatic rings. The van der Waals surface area contributed by atoms with Gasteiger partial charge < -0.3 is 14.5 Å². The molecule has 0 unspecified atom stereocenters. The summed E-state index contributed by atoms with van der Waals surface area (Å²) in [6.45, 7) is 10.2. The van der Waals surface area contributed by atoms with Gasteiger partial charge in [-0.1, -0.05) is 29.8 Å². The number of hydrogen-bond acceptors (Lipinski definition) is 3. The zero-order valence-electron chi connectivity index (χ0n) is 20.0. The molecule has 0 saturated carbocycles. The van der Waals surface area contributed by atoms with E-state index in [0.29, 0.717) is 5.75 Å². The number of ether oxygens (including phenoxy) is 1. The second-order valence-electron chi connectivity index (χ2n) is 8.63. The number of carbonyl (C=O) groups excluding carboxylic acids is 1. The molecule has 1 N–H and O–H groups in total. The maximum absolute atomic E-state index is 12.7. The number of nitrogens with one attached hydrogen (secondary N) is 1. The van der Waals surface area contributed by atoms with Gasteiger partial charge in [0.15, 0.2) is 0 Å². The normalized spacial score (nSPS) is 11.6. The van der Waals surface area contributed by atoms with Crippen molar-refractivity contribution in [3.63, 3.8) is 0 Å². The van der Waals surface area contributed by atoms with Crippen LogP contribution in [0.1, 0.15) is 34.7 Å². The predicted molar refractivity (Wildman–Crippen MR) is 136 cm³/mol. The van der Waals surface area contributed by atoms with Gasteiger partial charge in [0.25, 0.3) is 0 Å². The van der Waals surface area contributed by atoms with Gasteiger partial charge in [0.2, 0.25) is 5.91 Å². The molecule has 1 amide bonds. The van der Waals surface area contributed by atoms with Crippen LogP contribution in [0.3, 0.4) is 0 Å². The zero-order valence-corrected chi connectivity index (χ0v) is 20.0. The molecule has 0 atom stereocenters. The fraction of sp³-hybridized carbons (Fsp3) is 0.207. The van der Waals surface area contributed by atoms with Gasteiger partial charge in [-0.05, 0) is 80.6 Å². The molecular formula is C29H29NO3. The Hall–Kier alpha value is -3.79. The average molecular weight is 440 g/mol. The van der Waals surface area contributed by atoms with E-state index >= 15 is 0 Å². The number of carbonyl (C=O) groups is 1. The molecular weight excluding hydrogens is 410 g/mol. The van der Waals surface area contributed by atoms with Crippen LogP contribution in [0.4, 0.5) is 5.69 Å². The highest BCUT2D eigenvalue weighted by molar-refractivity contribution is 6.05. The molecule has 168 valence electrons. The van der Waals surface area contributed by atoms with Crippen LogP contribution in [0.25, 0.3) is 27.7 Å². The summed E-state index contributed by atoms with van der Waals surface area (Å²) < 4.78 is 11.5. The van der Waals surface area contributed by atoms with E-state index in [9.17, 15) is 4.79 Å². The summed E-state index contributed by atoms with van der Waals surface area (Å²) in [6.07, 6.45) is 3.40. The van der Waals surface area contributed by atoms with E-state index in [0.717, 1.165) is 44.5 Å². The number of anilines is 1. The third kappa shape index (κ3) is 4.56. The Morgan fingerprint density at radius 1 is 0.909 bits per heavy atom. The van der Waals surface area contributed by atoms with Crippen molar-refractivity contribution >= 4 is 28.1 Å². The lowest BCUT2D eigenvalue weighted by atomic mass is 9.96. The van der Waals surface area contributed by atoms with Crippen molar-refractivity contribution in [1.82, 2.24) is 0 Å². The predicted octanol–water partition coefficient (Wildman–Crippen LogP) is 7.38. The summed E-state index contributed by atoms with van der Waals surface area (Å²) >= 11 is 0. The van der Waals surface area contributed by atoms with Crippen molar-refractivity contribution in [2.24, 2.45) is 0 Å². The maximum Gasteiger partial charge on any atom is 0.248 e. The Morgan fingerprint density at radius 2 is 1.70 bits per heavy atom.